The fourth-order valence-electron chi connectivity index (χ4n) is 7.18. The predicted octanol–water partition coefficient (Wildman–Crippen LogP) is 6.99. The first-order valence-electron chi connectivity index (χ1n) is 15.1. The SMILES string of the molecule is CCOC(=O)[C@H]1N[C@@H](c2ccccc2)[C@H](C(=O)O[C@@H]2C[C@H](C)CC[C@H]2C(C)(C)c2ccccc2)[C@H]1c1ccccc1. The second kappa shape index (κ2) is 12.6. The van der Waals surface area contributed by atoms with Gasteiger partial charge < -0.3 is 9.47 Å². The molecule has 0 amide bonds. The predicted molar refractivity (Wildman–Crippen MR) is 161 cm³/mol. The van der Waals surface area contributed by atoms with E-state index in [1.807, 2.05) is 73.7 Å². The highest BCUT2D eigenvalue weighted by Crippen LogP contribution is 2.47. The van der Waals surface area contributed by atoms with Crippen LogP contribution in [0.15, 0.2) is 91.0 Å². The Balaban J connectivity index is 1.52. The van der Waals surface area contributed by atoms with E-state index in [0.717, 1.165) is 30.4 Å². The van der Waals surface area contributed by atoms with Crippen molar-refractivity contribution in [3.63, 3.8) is 0 Å². The normalized spacial score (nSPS) is 28.1. The Hall–Kier alpha value is -3.44. The molecule has 1 heterocycles. The standard InChI is InChI=1S/C36H43NO4/c1-5-40-35(39)33-30(25-15-9-6-10-16-25)31(32(37-33)26-17-11-7-12-18-26)34(38)41-29-23-24(2)21-22-28(29)36(3,4)27-19-13-8-14-20-27/h6-20,24,28-33,37H,5,21-23H2,1-4H3/t24-,28-,29-,30-,31-,32+,33+/m1/s1. The molecule has 0 aromatic heterocycles. The summed E-state index contributed by atoms with van der Waals surface area (Å²) >= 11 is 0. The zero-order valence-electron chi connectivity index (χ0n) is 24.7. The summed E-state index contributed by atoms with van der Waals surface area (Å²) in [5.41, 5.74) is 2.98. The van der Waals surface area contributed by atoms with Crippen molar-refractivity contribution in [3.05, 3.63) is 108 Å². The molecule has 216 valence electrons. The number of esters is 2. The van der Waals surface area contributed by atoms with Gasteiger partial charge in [0, 0.05) is 17.9 Å². The van der Waals surface area contributed by atoms with Crippen LogP contribution in [0.2, 0.25) is 0 Å². The van der Waals surface area contributed by atoms with Crippen LogP contribution in [0, 0.1) is 17.8 Å². The van der Waals surface area contributed by atoms with Crippen LogP contribution >= 0.6 is 0 Å². The van der Waals surface area contributed by atoms with Gasteiger partial charge in [-0.3, -0.25) is 14.9 Å². The van der Waals surface area contributed by atoms with Crippen LogP contribution in [-0.4, -0.2) is 30.7 Å². The number of carbonyl (C=O) groups excluding carboxylic acids is 2. The van der Waals surface area contributed by atoms with Crippen molar-refractivity contribution in [2.45, 2.75) is 76.5 Å². The van der Waals surface area contributed by atoms with E-state index >= 15 is 0 Å². The smallest absolute Gasteiger partial charge is 0.323 e. The number of rotatable bonds is 8. The summed E-state index contributed by atoms with van der Waals surface area (Å²) in [7, 11) is 0. The van der Waals surface area contributed by atoms with Gasteiger partial charge in [0.15, 0.2) is 0 Å². The molecule has 1 saturated carbocycles. The Kier molecular flexibility index (Phi) is 8.94. The fourth-order valence-corrected chi connectivity index (χ4v) is 7.18. The lowest BCUT2D eigenvalue weighted by Gasteiger charge is -2.44. The highest BCUT2D eigenvalue weighted by Gasteiger charge is 2.53. The molecule has 2 fully saturated rings. The molecular formula is C36H43NO4. The molecule has 0 unspecified atom stereocenters. The molecule has 5 rings (SSSR count). The first-order chi connectivity index (χ1) is 19.8. The van der Waals surface area contributed by atoms with Crippen LogP contribution in [0.25, 0.3) is 0 Å². The maximum absolute atomic E-state index is 14.5. The lowest BCUT2D eigenvalue weighted by Crippen LogP contribution is -2.45. The van der Waals surface area contributed by atoms with Gasteiger partial charge in [-0.1, -0.05) is 118 Å². The van der Waals surface area contributed by atoms with Gasteiger partial charge in [0.25, 0.3) is 0 Å². The van der Waals surface area contributed by atoms with Crippen LogP contribution in [0.3, 0.4) is 0 Å². The molecule has 5 heteroatoms. The van der Waals surface area contributed by atoms with Crippen molar-refractivity contribution >= 4 is 11.9 Å². The van der Waals surface area contributed by atoms with Crippen molar-refractivity contribution in [1.82, 2.24) is 5.32 Å². The molecular weight excluding hydrogens is 510 g/mol. The van der Waals surface area contributed by atoms with Crippen molar-refractivity contribution in [2.75, 3.05) is 6.61 Å². The van der Waals surface area contributed by atoms with E-state index in [1.54, 1.807) is 0 Å². The number of nitrogens with one attached hydrogen (secondary N) is 1. The Morgan fingerprint density at radius 2 is 1.41 bits per heavy atom. The lowest BCUT2D eigenvalue weighted by molar-refractivity contribution is -0.162. The largest absolute Gasteiger partial charge is 0.465 e. The maximum atomic E-state index is 14.5. The van der Waals surface area contributed by atoms with Crippen molar-refractivity contribution in [2.24, 2.45) is 17.8 Å². The average Bonchev–Trinajstić information content (AvgIpc) is 3.40. The zero-order valence-corrected chi connectivity index (χ0v) is 24.7. The van der Waals surface area contributed by atoms with Crippen LogP contribution in [0.5, 0.6) is 0 Å². The Bertz CT molecular complexity index is 1290. The molecule has 1 N–H and O–H groups in total. The Morgan fingerprint density at radius 1 is 0.829 bits per heavy atom. The molecule has 1 aliphatic heterocycles. The van der Waals surface area contributed by atoms with Crippen LogP contribution in [-0.2, 0) is 24.5 Å². The maximum Gasteiger partial charge on any atom is 0.323 e. The third-order valence-electron chi connectivity index (χ3n) is 9.39. The van der Waals surface area contributed by atoms with Gasteiger partial charge in [-0.2, -0.15) is 0 Å². The summed E-state index contributed by atoms with van der Waals surface area (Å²) in [6, 6.07) is 29.3. The Morgan fingerprint density at radius 3 is 2.02 bits per heavy atom. The number of ether oxygens (including phenoxy) is 2. The molecule has 0 spiro atoms. The lowest BCUT2D eigenvalue weighted by atomic mass is 9.64. The summed E-state index contributed by atoms with van der Waals surface area (Å²) in [5.74, 6) is -0.946. The average molecular weight is 554 g/mol. The quantitative estimate of drug-likeness (QED) is 0.305. The zero-order chi connectivity index (χ0) is 29.0. The molecule has 3 aromatic rings. The third-order valence-corrected chi connectivity index (χ3v) is 9.39. The second-order valence-electron chi connectivity index (χ2n) is 12.3. The molecule has 41 heavy (non-hydrogen) atoms. The minimum absolute atomic E-state index is 0.161. The van der Waals surface area contributed by atoms with Crippen molar-refractivity contribution in [3.8, 4) is 0 Å². The molecule has 5 nitrogen and oxygen atoms in total. The number of hydrogen-bond donors (Lipinski definition) is 1. The molecule has 1 saturated heterocycles. The van der Waals surface area contributed by atoms with Crippen molar-refractivity contribution < 1.29 is 19.1 Å². The second-order valence-corrected chi connectivity index (χ2v) is 12.3. The molecule has 0 bridgehead atoms. The highest BCUT2D eigenvalue weighted by atomic mass is 16.5. The minimum Gasteiger partial charge on any atom is -0.465 e. The van der Waals surface area contributed by atoms with E-state index in [9.17, 15) is 9.59 Å². The number of hydrogen-bond acceptors (Lipinski definition) is 5. The van der Waals surface area contributed by atoms with Gasteiger partial charge in [-0.25, -0.2) is 0 Å². The van der Waals surface area contributed by atoms with Gasteiger partial charge in [0.05, 0.1) is 12.5 Å². The van der Waals surface area contributed by atoms with Crippen LogP contribution < -0.4 is 5.32 Å². The first-order valence-corrected chi connectivity index (χ1v) is 15.1. The Labute approximate surface area is 244 Å². The highest BCUT2D eigenvalue weighted by molar-refractivity contribution is 5.83. The number of carbonyl (C=O) groups is 2. The minimum atomic E-state index is -0.665. The topological polar surface area (TPSA) is 64.6 Å². The van der Waals surface area contributed by atoms with E-state index in [1.165, 1.54) is 5.56 Å². The fraction of sp³-hybridized carbons (Fsp3) is 0.444. The third kappa shape index (κ3) is 6.11. The molecule has 0 radical (unpaired) electrons. The van der Waals surface area contributed by atoms with Gasteiger partial charge in [0.1, 0.15) is 12.1 Å². The van der Waals surface area contributed by atoms with Crippen LogP contribution in [0.1, 0.15) is 75.6 Å². The molecule has 2 aliphatic rings. The van der Waals surface area contributed by atoms with E-state index in [0.29, 0.717) is 5.92 Å². The molecule has 7 atom stereocenters. The number of benzene rings is 3. The first kappa shape index (κ1) is 29.1. The van der Waals surface area contributed by atoms with E-state index in [4.69, 9.17) is 9.47 Å². The monoisotopic (exact) mass is 553 g/mol. The van der Waals surface area contributed by atoms with Crippen LogP contribution in [0.4, 0.5) is 0 Å². The molecule has 3 aromatic carbocycles. The van der Waals surface area contributed by atoms with E-state index < -0.39 is 17.9 Å². The van der Waals surface area contributed by atoms with Gasteiger partial charge in [-0.05, 0) is 47.8 Å². The summed E-state index contributed by atoms with van der Waals surface area (Å²) in [6.07, 6.45) is 2.74. The summed E-state index contributed by atoms with van der Waals surface area (Å²) in [5, 5.41) is 3.51. The molecule has 1 aliphatic carbocycles. The van der Waals surface area contributed by atoms with Gasteiger partial charge in [0.2, 0.25) is 0 Å². The summed E-state index contributed by atoms with van der Waals surface area (Å²) < 4.78 is 12.1. The van der Waals surface area contributed by atoms with Gasteiger partial charge in [-0.15, -0.1) is 0 Å². The summed E-state index contributed by atoms with van der Waals surface area (Å²) in [4.78, 5) is 27.8. The van der Waals surface area contributed by atoms with E-state index in [-0.39, 0.29) is 42.0 Å². The van der Waals surface area contributed by atoms with Gasteiger partial charge >= 0.3 is 11.9 Å². The van der Waals surface area contributed by atoms with E-state index in [2.05, 4.69) is 50.4 Å². The summed E-state index contributed by atoms with van der Waals surface area (Å²) in [6.45, 7) is 8.89. The van der Waals surface area contributed by atoms with Crippen molar-refractivity contribution in [1.29, 1.82) is 0 Å².